The van der Waals surface area contributed by atoms with E-state index in [2.05, 4.69) is 10.6 Å². The van der Waals surface area contributed by atoms with Gasteiger partial charge in [-0.1, -0.05) is 42.5 Å². The molecule has 1 amide bonds. The lowest BCUT2D eigenvalue weighted by atomic mass is 10.1. The van der Waals surface area contributed by atoms with Crippen LogP contribution < -0.4 is 10.6 Å². The topological polar surface area (TPSA) is 76.7 Å². The van der Waals surface area contributed by atoms with Crippen molar-refractivity contribution in [3.8, 4) is 0 Å². The number of esters is 1. The monoisotopic (exact) mass is 408 g/mol. The minimum atomic E-state index is -0.669. The Kier molecular flexibility index (Phi) is 8.42. The van der Waals surface area contributed by atoms with Crippen molar-refractivity contribution in [1.82, 2.24) is 10.6 Å². The second-order valence-corrected chi connectivity index (χ2v) is 9.09. The highest BCUT2D eigenvalue weighted by Crippen LogP contribution is 2.12. The molecule has 0 saturated carbocycles. The second kappa shape index (κ2) is 9.87. The molecule has 2 atom stereocenters. The molecular weight excluding hydrogens is 376 g/mol. The molecule has 0 aliphatic heterocycles. The summed E-state index contributed by atoms with van der Waals surface area (Å²) in [7, 11) is 0. The molecule has 0 saturated heterocycles. The maximum Gasteiger partial charge on any atom is 0.408 e. The Balaban J connectivity index is 2.82. The maximum atomic E-state index is 12.7. The number of carbonyl (C=O) groups is 2. The summed E-state index contributed by atoms with van der Waals surface area (Å²) in [6.07, 6.45) is -0.157. The highest BCUT2D eigenvalue weighted by Gasteiger charge is 2.28. The average molecular weight is 409 g/mol. The van der Waals surface area contributed by atoms with E-state index in [0.717, 1.165) is 5.56 Å². The normalized spacial score (nSPS) is 13.8. The van der Waals surface area contributed by atoms with Crippen LogP contribution in [0.4, 0.5) is 4.79 Å². The van der Waals surface area contributed by atoms with Crippen LogP contribution >= 0.6 is 12.2 Å². The molecule has 0 bridgehead atoms. The predicted octanol–water partition coefficient (Wildman–Crippen LogP) is 3.77. The van der Waals surface area contributed by atoms with Gasteiger partial charge in [-0.3, -0.25) is 0 Å². The van der Waals surface area contributed by atoms with Gasteiger partial charge in [-0.2, -0.15) is 0 Å². The summed E-state index contributed by atoms with van der Waals surface area (Å²) in [4.78, 5) is 25.0. The smallest absolute Gasteiger partial charge is 0.408 e. The highest BCUT2D eigenvalue weighted by atomic mass is 32.1. The zero-order chi connectivity index (χ0) is 21.5. The Morgan fingerprint density at radius 3 is 2.00 bits per heavy atom. The summed E-state index contributed by atoms with van der Waals surface area (Å²) < 4.78 is 10.8. The van der Waals surface area contributed by atoms with E-state index in [1.165, 1.54) is 0 Å². The van der Waals surface area contributed by atoms with Crippen LogP contribution in [0.3, 0.4) is 0 Å². The van der Waals surface area contributed by atoms with Gasteiger partial charge in [-0.05, 0) is 54.0 Å². The number of benzene rings is 1. The molecule has 156 valence electrons. The van der Waals surface area contributed by atoms with Crippen molar-refractivity contribution < 1.29 is 19.1 Å². The number of hydrogen-bond donors (Lipinski definition) is 2. The van der Waals surface area contributed by atoms with Crippen LogP contribution in [0.5, 0.6) is 0 Å². The SMILES string of the molecule is C[C@H](NC(=O)OC(C)(C)C)C(=S)N[C@@H](Cc1ccccc1)C(=O)OC(C)(C)C. The predicted molar refractivity (Wildman–Crippen MR) is 114 cm³/mol. The Morgan fingerprint density at radius 2 is 1.50 bits per heavy atom. The van der Waals surface area contributed by atoms with E-state index in [4.69, 9.17) is 21.7 Å². The minimum absolute atomic E-state index is 0.331. The zero-order valence-corrected chi connectivity index (χ0v) is 18.6. The summed E-state index contributed by atoms with van der Waals surface area (Å²) >= 11 is 5.40. The number of ether oxygens (including phenoxy) is 2. The van der Waals surface area contributed by atoms with Gasteiger partial charge in [0.1, 0.15) is 17.2 Å². The number of hydrogen-bond acceptors (Lipinski definition) is 5. The van der Waals surface area contributed by atoms with E-state index in [1.54, 1.807) is 27.7 Å². The van der Waals surface area contributed by atoms with Gasteiger partial charge in [-0.25, -0.2) is 9.59 Å². The summed E-state index contributed by atoms with van der Waals surface area (Å²) in [5.41, 5.74) is -0.248. The van der Waals surface area contributed by atoms with Crippen LogP contribution in [0.15, 0.2) is 30.3 Å². The first kappa shape index (κ1) is 23.9. The molecule has 28 heavy (non-hydrogen) atoms. The summed E-state index contributed by atoms with van der Waals surface area (Å²) in [5, 5.41) is 5.72. The number of thiocarbonyl (C=S) groups is 1. The van der Waals surface area contributed by atoms with E-state index in [0.29, 0.717) is 11.4 Å². The van der Waals surface area contributed by atoms with Crippen molar-refractivity contribution in [2.45, 2.75) is 78.2 Å². The van der Waals surface area contributed by atoms with Gasteiger partial charge in [-0.15, -0.1) is 0 Å². The molecule has 1 rings (SSSR count). The number of alkyl carbamates (subject to hydrolysis) is 1. The summed E-state index contributed by atoms with van der Waals surface area (Å²) in [6, 6.07) is 8.42. The van der Waals surface area contributed by atoms with Crippen molar-refractivity contribution in [3.63, 3.8) is 0 Å². The average Bonchev–Trinajstić information content (AvgIpc) is 2.51. The Bertz CT molecular complexity index is 678. The first-order valence-corrected chi connectivity index (χ1v) is 9.74. The van der Waals surface area contributed by atoms with Gasteiger partial charge in [0.05, 0.1) is 11.0 Å². The lowest BCUT2D eigenvalue weighted by molar-refractivity contribution is -0.157. The van der Waals surface area contributed by atoms with Crippen molar-refractivity contribution in [3.05, 3.63) is 35.9 Å². The number of amides is 1. The highest BCUT2D eigenvalue weighted by molar-refractivity contribution is 7.80. The first-order chi connectivity index (χ1) is 12.8. The first-order valence-electron chi connectivity index (χ1n) is 9.33. The lowest BCUT2D eigenvalue weighted by Gasteiger charge is -2.27. The lowest BCUT2D eigenvalue weighted by Crippen LogP contribution is -2.52. The summed E-state index contributed by atoms with van der Waals surface area (Å²) in [5.74, 6) is -0.400. The van der Waals surface area contributed by atoms with Crippen molar-refractivity contribution in [2.75, 3.05) is 0 Å². The molecule has 0 spiro atoms. The third kappa shape index (κ3) is 9.69. The Labute approximate surface area is 173 Å². The molecule has 1 aromatic carbocycles. The quantitative estimate of drug-likeness (QED) is 0.551. The number of rotatable bonds is 6. The molecule has 0 aliphatic rings. The van der Waals surface area contributed by atoms with Crippen LogP contribution in [0.2, 0.25) is 0 Å². The molecule has 6 nitrogen and oxygen atoms in total. The van der Waals surface area contributed by atoms with E-state index < -0.39 is 35.3 Å². The van der Waals surface area contributed by atoms with Gasteiger partial charge >= 0.3 is 12.1 Å². The zero-order valence-electron chi connectivity index (χ0n) is 17.8. The summed E-state index contributed by atoms with van der Waals surface area (Å²) in [6.45, 7) is 12.5. The standard InChI is InChI=1S/C21H32N2O4S/c1-14(22-19(25)27-21(5,6)7)17(28)23-16(18(24)26-20(2,3)4)13-15-11-9-8-10-12-15/h8-12,14,16H,13H2,1-7H3,(H,22,25)(H,23,28)/t14-,16-/m0/s1. The van der Waals surface area contributed by atoms with Gasteiger partial charge in [0.15, 0.2) is 0 Å². The van der Waals surface area contributed by atoms with Crippen molar-refractivity contribution in [2.24, 2.45) is 0 Å². The number of nitrogens with one attached hydrogen (secondary N) is 2. The fraction of sp³-hybridized carbons (Fsp3) is 0.571. The maximum absolute atomic E-state index is 12.7. The molecule has 0 fully saturated rings. The van der Waals surface area contributed by atoms with Crippen molar-refractivity contribution in [1.29, 1.82) is 0 Å². The van der Waals surface area contributed by atoms with Gasteiger partial charge in [0.2, 0.25) is 0 Å². The van der Waals surface area contributed by atoms with Crippen LogP contribution in [0, 0.1) is 0 Å². The molecule has 0 radical (unpaired) electrons. The van der Waals surface area contributed by atoms with Crippen LogP contribution in [0.1, 0.15) is 54.0 Å². The number of carbonyl (C=O) groups excluding carboxylic acids is 2. The Morgan fingerprint density at radius 1 is 0.964 bits per heavy atom. The fourth-order valence-electron chi connectivity index (χ4n) is 2.26. The van der Waals surface area contributed by atoms with E-state index in [-0.39, 0.29) is 0 Å². The van der Waals surface area contributed by atoms with Gasteiger partial charge < -0.3 is 20.1 Å². The molecule has 0 unspecified atom stereocenters. The molecule has 7 heteroatoms. The largest absolute Gasteiger partial charge is 0.458 e. The molecule has 2 N–H and O–H groups in total. The van der Waals surface area contributed by atoms with Crippen molar-refractivity contribution >= 4 is 29.3 Å². The third-order valence-corrected chi connectivity index (χ3v) is 3.89. The molecule has 0 aliphatic carbocycles. The van der Waals surface area contributed by atoms with Crippen LogP contribution in [-0.2, 0) is 20.7 Å². The van der Waals surface area contributed by atoms with Gasteiger partial charge in [0, 0.05) is 6.42 Å². The second-order valence-electron chi connectivity index (χ2n) is 8.65. The van der Waals surface area contributed by atoms with E-state index >= 15 is 0 Å². The Hall–Kier alpha value is -2.15. The van der Waals surface area contributed by atoms with E-state index in [1.807, 2.05) is 51.1 Å². The molecule has 1 aromatic rings. The van der Waals surface area contributed by atoms with Crippen LogP contribution in [0.25, 0.3) is 0 Å². The van der Waals surface area contributed by atoms with Gasteiger partial charge in [0.25, 0.3) is 0 Å². The molecule has 0 heterocycles. The van der Waals surface area contributed by atoms with E-state index in [9.17, 15) is 9.59 Å². The fourth-order valence-corrected chi connectivity index (χ4v) is 2.46. The molecule has 0 aromatic heterocycles. The van der Waals surface area contributed by atoms with Crippen LogP contribution in [-0.4, -0.2) is 40.3 Å². The minimum Gasteiger partial charge on any atom is -0.458 e. The molecular formula is C21H32N2O4S. The third-order valence-electron chi connectivity index (χ3n) is 3.42.